The van der Waals surface area contributed by atoms with Crippen molar-refractivity contribution in [2.45, 2.75) is 22.6 Å². The number of nitrogens with zero attached hydrogens (tertiary/aromatic N) is 3. The second-order valence-electron chi connectivity index (χ2n) is 6.82. The van der Waals surface area contributed by atoms with E-state index in [4.69, 9.17) is 11.6 Å². The van der Waals surface area contributed by atoms with Gasteiger partial charge in [-0.1, -0.05) is 29.8 Å². The molecule has 11 heteroatoms. The predicted octanol–water partition coefficient (Wildman–Crippen LogP) is 3.11. The average Bonchev–Trinajstić information content (AvgIpc) is 3.43. The lowest BCUT2D eigenvalue weighted by Gasteiger charge is -2.17. The minimum absolute atomic E-state index is 0.0433. The van der Waals surface area contributed by atoms with Crippen LogP contribution in [0.4, 0.5) is 5.69 Å². The highest BCUT2D eigenvalue weighted by molar-refractivity contribution is 7.92. The summed E-state index contributed by atoms with van der Waals surface area (Å²) in [6.07, 6.45) is 4.19. The van der Waals surface area contributed by atoms with Gasteiger partial charge in [0.05, 0.1) is 28.8 Å². The van der Waals surface area contributed by atoms with E-state index in [1.54, 1.807) is 12.1 Å². The van der Waals surface area contributed by atoms with E-state index in [0.717, 1.165) is 12.8 Å². The van der Waals surface area contributed by atoms with Crippen LogP contribution in [0.15, 0.2) is 70.7 Å². The van der Waals surface area contributed by atoms with Gasteiger partial charge in [-0.05, 0) is 43.2 Å². The molecule has 0 saturated carbocycles. The summed E-state index contributed by atoms with van der Waals surface area (Å²) in [4.78, 5) is -0.170. The number of benzene rings is 2. The SMILES string of the molecule is O=S(=O)(Nc1ccc(Cl)c(S(=O)(=O)N2CCCC2)c1)c1cnn(-c2ccccc2)c1. The minimum Gasteiger partial charge on any atom is -0.279 e. The Labute approximate surface area is 180 Å². The van der Waals surface area contributed by atoms with Crippen LogP contribution < -0.4 is 4.72 Å². The van der Waals surface area contributed by atoms with Crippen molar-refractivity contribution < 1.29 is 16.8 Å². The Kier molecular flexibility index (Phi) is 5.58. The number of aromatic nitrogens is 2. The van der Waals surface area contributed by atoms with Crippen LogP contribution in [-0.2, 0) is 20.0 Å². The minimum atomic E-state index is -3.98. The molecule has 0 atom stereocenters. The van der Waals surface area contributed by atoms with Crippen molar-refractivity contribution in [3.8, 4) is 5.69 Å². The highest BCUT2D eigenvalue weighted by Gasteiger charge is 2.29. The van der Waals surface area contributed by atoms with Crippen molar-refractivity contribution in [2.24, 2.45) is 0 Å². The number of anilines is 1. The van der Waals surface area contributed by atoms with Crippen LogP contribution in [0.5, 0.6) is 0 Å². The second kappa shape index (κ2) is 8.03. The van der Waals surface area contributed by atoms with E-state index in [2.05, 4.69) is 9.82 Å². The molecule has 0 spiro atoms. The highest BCUT2D eigenvalue weighted by Crippen LogP contribution is 2.30. The lowest BCUT2D eigenvalue weighted by Crippen LogP contribution is -2.28. The molecule has 1 N–H and O–H groups in total. The smallest absolute Gasteiger partial charge is 0.265 e. The molecule has 1 aromatic heterocycles. The molecule has 8 nitrogen and oxygen atoms in total. The van der Waals surface area contributed by atoms with E-state index in [9.17, 15) is 16.8 Å². The number of rotatable bonds is 6. The van der Waals surface area contributed by atoms with Crippen molar-refractivity contribution in [1.29, 1.82) is 0 Å². The third-order valence-corrected chi connectivity index (χ3v) is 8.47. The third-order valence-electron chi connectivity index (χ3n) is 4.76. The van der Waals surface area contributed by atoms with Crippen LogP contribution >= 0.6 is 11.6 Å². The van der Waals surface area contributed by atoms with Crippen LogP contribution in [0, 0.1) is 0 Å². The summed E-state index contributed by atoms with van der Waals surface area (Å²) in [6, 6.07) is 13.1. The number of halogens is 1. The molecule has 2 aromatic carbocycles. The molecule has 0 bridgehead atoms. The van der Waals surface area contributed by atoms with Crippen LogP contribution in [-0.4, -0.2) is 44.0 Å². The fourth-order valence-corrected chi connectivity index (χ4v) is 6.21. The lowest BCUT2D eigenvalue weighted by molar-refractivity contribution is 0.477. The first-order chi connectivity index (χ1) is 14.3. The van der Waals surface area contributed by atoms with Crippen molar-refractivity contribution in [3.63, 3.8) is 0 Å². The normalized spacial score (nSPS) is 15.4. The van der Waals surface area contributed by atoms with Gasteiger partial charge in [0.15, 0.2) is 0 Å². The predicted molar refractivity (Wildman–Crippen MR) is 114 cm³/mol. The Hall–Kier alpha value is -2.40. The lowest BCUT2D eigenvalue weighted by atomic mass is 10.3. The average molecular weight is 467 g/mol. The first kappa shape index (κ1) is 20.9. The largest absolute Gasteiger partial charge is 0.279 e. The van der Waals surface area contributed by atoms with Crippen molar-refractivity contribution in [1.82, 2.24) is 14.1 Å². The van der Waals surface area contributed by atoms with E-state index in [0.29, 0.717) is 18.8 Å². The van der Waals surface area contributed by atoms with E-state index in [1.807, 2.05) is 18.2 Å². The Balaban J connectivity index is 1.62. The summed E-state index contributed by atoms with van der Waals surface area (Å²) in [5.41, 5.74) is 0.814. The highest BCUT2D eigenvalue weighted by atomic mass is 35.5. The summed E-state index contributed by atoms with van der Waals surface area (Å²) in [6.45, 7) is 0.848. The standard InChI is InChI=1S/C19H19ClN4O4S2/c20-18-9-8-15(12-19(18)30(27,28)23-10-4-5-11-23)22-29(25,26)17-13-21-24(14-17)16-6-2-1-3-7-16/h1-3,6-9,12-14,22H,4-5,10-11H2. The molecule has 0 radical (unpaired) electrons. The van der Waals surface area contributed by atoms with Crippen molar-refractivity contribution >= 4 is 37.3 Å². The van der Waals surface area contributed by atoms with Crippen molar-refractivity contribution in [3.05, 3.63) is 65.9 Å². The van der Waals surface area contributed by atoms with Crippen LogP contribution in [0.1, 0.15) is 12.8 Å². The fraction of sp³-hybridized carbons (Fsp3) is 0.211. The third kappa shape index (κ3) is 4.08. The maximum atomic E-state index is 12.9. The first-order valence-corrected chi connectivity index (χ1v) is 12.5. The van der Waals surface area contributed by atoms with Crippen LogP contribution in [0.25, 0.3) is 5.69 Å². The summed E-state index contributed by atoms with van der Waals surface area (Å²) in [5, 5.41) is 4.13. The molecule has 30 heavy (non-hydrogen) atoms. The Bertz CT molecular complexity index is 1270. The molecule has 1 saturated heterocycles. The summed E-state index contributed by atoms with van der Waals surface area (Å²) >= 11 is 6.12. The monoisotopic (exact) mass is 466 g/mol. The number of hydrogen-bond acceptors (Lipinski definition) is 5. The summed E-state index contributed by atoms with van der Waals surface area (Å²) in [5.74, 6) is 0. The Morgan fingerprint density at radius 2 is 1.67 bits per heavy atom. The van der Waals surface area contributed by atoms with E-state index in [-0.39, 0.29) is 20.5 Å². The molecule has 0 amide bonds. The zero-order chi connectivity index (χ0) is 21.4. The molecule has 1 fully saturated rings. The topological polar surface area (TPSA) is 101 Å². The van der Waals surface area contributed by atoms with Gasteiger partial charge >= 0.3 is 0 Å². The molecule has 4 rings (SSSR count). The quantitative estimate of drug-likeness (QED) is 0.601. The molecule has 1 aliphatic heterocycles. The van der Waals surface area contributed by atoms with Gasteiger partial charge in [-0.15, -0.1) is 0 Å². The van der Waals surface area contributed by atoms with Gasteiger partial charge in [0.2, 0.25) is 10.0 Å². The van der Waals surface area contributed by atoms with E-state index < -0.39 is 20.0 Å². The molecule has 1 aliphatic rings. The fourth-order valence-electron chi connectivity index (χ4n) is 3.21. The summed E-state index contributed by atoms with van der Waals surface area (Å²) in [7, 11) is -7.77. The van der Waals surface area contributed by atoms with Crippen molar-refractivity contribution in [2.75, 3.05) is 17.8 Å². The molecule has 2 heterocycles. The number of nitrogens with one attached hydrogen (secondary N) is 1. The Morgan fingerprint density at radius 3 is 2.37 bits per heavy atom. The van der Waals surface area contributed by atoms with Gasteiger partial charge in [0, 0.05) is 13.1 Å². The van der Waals surface area contributed by atoms with E-state index >= 15 is 0 Å². The maximum Gasteiger partial charge on any atom is 0.265 e. The molecule has 0 unspecified atom stereocenters. The van der Waals surface area contributed by atoms with Crippen LogP contribution in [0.2, 0.25) is 5.02 Å². The molecular formula is C19H19ClN4O4S2. The maximum absolute atomic E-state index is 12.9. The molecular weight excluding hydrogens is 448 g/mol. The number of sulfonamides is 2. The van der Waals surface area contributed by atoms with Gasteiger partial charge in [-0.2, -0.15) is 9.40 Å². The van der Waals surface area contributed by atoms with Crippen LogP contribution in [0.3, 0.4) is 0 Å². The van der Waals surface area contributed by atoms with E-state index in [1.165, 1.54) is 39.6 Å². The molecule has 0 aliphatic carbocycles. The Morgan fingerprint density at radius 1 is 0.967 bits per heavy atom. The van der Waals surface area contributed by atoms with Gasteiger partial charge in [-0.25, -0.2) is 21.5 Å². The first-order valence-electron chi connectivity index (χ1n) is 9.20. The zero-order valence-electron chi connectivity index (χ0n) is 15.8. The zero-order valence-corrected chi connectivity index (χ0v) is 18.2. The van der Waals surface area contributed by atoms with Gasteiger partial charge in [0.1, 0.15) is 9.79 Å². The molecule has 158 valence electrons. The van der Waals surface area contributed by atoms with Gasteiger partial charge in [-0.3, -0.25) is 4.72 Å². The number of para-hydroxylation sites is 1. The summed E-state index contributed by atoms with van der Waals surface area (Å²) < 4.78 is 56.5. The molecule has 3 aromatic rings. The number of hydrogen-bond donors (Lipinski definition) is 1. The second-order valence-corrected chi connectivity index (χ2v) is 10.8. The van der Waals surface area contributed by atoms with Gasteiger partial charge in [0.25, 0.3) is 10.0 Å². The van der Waals surface area contributed by atoms with Gasteiger partial charge < -0.3 is 0 Å².